The summed E-state index contributed by atoms with van der Waals surface area (Å²) in [5.74, 6) is -0.438. The number of phenols is 1. The van der Waals surface area contributed by atoms with Crippen molar-refractivity contribution in [3.8, 4) is 22.6 Å². The van der Waals surface area contributed by atoms with Crippen molar-refractivity contribution in [1.82, 2.24) is 0 Å². The number of para-hydroxylation sites is 1. The summed E-state index contributed by atoms with van der Waals surface area (Å²) in [6.07, 6.45) is -4.72. The Bertz CT molecular complexity index is 579. The van der Waals surface area contributed by atoms with Crippen LogP contribution in [0.5, 0.6) is 11.5 Å². The van der Waals surface area contributed by atoms with Crippen molar-refractivity contribution in [2.24, 2.45) is 0 Å². The Hall–Kier alpha value is -1.88. The van der Waals surface area contributed by atoms with Gasteiger partial charge in [-0.2, -0.15) is 0 Å². The maximum absolute atomic E-state index is 12.0. The predicted octanol–water partition coefficient (Wildman–Crippen LogP) is 4.61. The van der Waals surface area contributed by atoms with Crippen LogP contribution in [0, 0.1) is 0 Å². The van der Waals surface area contributed by atoms with E-state index >= 15 is 0 Å². The fourth-order valence-electron chi connectivity index (χ4n) is 1.58. The molecule has 0 amide bonds. The average molecular weight is 289 g/mol. The van der Waals surface area contributed by atoms with Crippen LogP contribution in [-0.4, -0.2) is 11.5 Å². The van der Waals surface area contributed by atoms with Gasteiger partial charge in [0.05, 0.1) is 5.02 Å². The molecule has 0 aliphatic heterocycles. The van der Waals surface area contributed by atoms with Gasteiger partial charge in [0.25, 0.3) is 0 Å². The molecular formula is C13H8ClF3O2. The van der Waals surface area contributed by atoms with E-state index in [0.717, 1.165) is 0 Å². The summed E-state index contributed by atoms with van der Waals surface area (Å²) in [4.78, 5) is 0. The maximum Gasteiger partial charge on any atom is 0.573 e. The van der Waals surface area contributed by atoms with E-state index in [9.17, 15) is 18.3 Å². The number of ether oxygens (including phenoxy) is 1. The van der Waals surface area contributed by atoms with Crippen molar-refractivity contribution in [2.75, 3.05) is 0 Å². The topological polar surface area (TPSA) is 29.5 Å². The summed E-state index contributed by atoms with van der Waals surface area (Å²) in [6, 6.07) is 9.92. The zero-order valence-corrected chi connectivity index (χ0v) is 10.2. The molecule has 2 aromatic carbocycles. The van der Waals surface area contributed by atoms with Gasteiger partial charge in [-0.25, -0.2) is 0 Å². The molecule has 0 fully saturated rings. The number of aromatic hydroxyl groups is 1. The van der Waals surface area contributed by atoms with Crippen LogP contribution >= 0.6 is 11.6 Å². The molecule has 0 unspecified atom stereocenters. The number of hydrogen-bond acceptors (Lipinski definition) is 2. The zero-order chi connectivity index (χ0) is 14.0. The number of hydrogen-bond donors (Lipinski definition) is 1. The first kappa shape index (κ1) is 13.5. The van der Waals surface area contributed by atoms with E-state index < -0.39 is 6.36 Å². The van der Waals surface area contributed by atoms with E-state index in [2.05, 4.69) is 4.74 Å². The first-order valence-electron chi connectivity index (χ1n) is 5.20. The molecule has 0 aromatic heterocycles. The van der Waals surface area contributed by atoms with Crippen molar-refractivity contribution >= 4 is 11.6 Å². The normalized spacial score (nSPS) is 11.4. The average Bonchev–Trinajstić information content (AvgIpc) is 2.32. The van der Waals surface area contributed by atoms with Crippen molar-refractivity contribution in [3.63, 3.8) is 0 Å². The molecule has 0 saturated heterocycles. The van der Waals surface area contributed by atoms with Crippen LogP contribution in [0.25, 0.3) is 11.1 Å². The summed E-state index contributed by atoms with van der Waals surface area (Å²) in [6.45, 7) is 0. The standard InChI is InChI=1S/C13H8ClF3O2/c14-11-3-1-2-10(12(11)18)8-4-6-9(7-5-8)19-13(15,16)17/h1-7,18H. The third-order valence-corrected chi connectivity index (χ3v) is 2.69. The van der Waals surface area contributed by atoms with Crippen LogP contribution in [0.2, 0.25) is 5.02 Å². The van der Waals surface area contributed by atoms with Gasteiger partial charge in [-0.1, -0.05) is 35.9 Å². The summed E-state index contributed by atoms with van der Waals surface area (Å²) >= 11 is 5.76. The second-order valence-electron chi connectivity index (χ2n) is 3.71. The molecule has 0 saturated carbocycles. The molecule has 0 aliphatic carbocycles. The summed E-state index contributed by atoms with van der Waals surface area (Å²) in [7, 11) is 0. The predicted molar refractivity (Wildman–Crippen MR) is 65.2 cm³/mol. The fraction of sp³-hybridized carbons (Fsp3) is 0.0769. The largest absolute Gasteiger partial charge is 0.573 e. The molecule has 0 radical (unpaired) electrons. The minimum absolute atomic E-state index is 0.117. The number of rotatable bonds is 2. The Kier molecular flexibility index (Phi) is 3.57. The molecule has 0 atom stereocenters. The van der Waals surface area contributed by atoms with Gasteiger partial charge in [0.1, 0.15) is 11.5 Å². The third-order valence-electron chi connectivity index (χ3n) is 2.39. The smallest absolute Gasteiger partial charge is 0.506 e. The molecule has 19 heavy (non-hydrogen) atoms. The zero-order valence-electron chi connectivity index (χ0n) is 9.41. The lowest BCUT2D eigenvalue weighted by Gasteiger charge is -2.10. The number of halogens is 4. The Morgan fingerprint density at radius 1 is 1.00 bits per heavy atom. The molecule has 1 N–H and O–H groups in total. The Morgan fingerprint density at radius 3 is 2.21 bits per heavy atom. The van der Waals surface area contributed by atoms with E-state index in [4.69, 9.17) is 11.6 Å². The Morgan fingerprint density at radius 2 is 1.63 bits per heavy atom. The van der Waals surface area contributed by atoms with E-state index in [1.807, 2.05) is 0 Å². The van der Waals surface area contributed by atoms with Gasteiger partial charge < -0.3 is 9.84 Å². The minimum atomic E-state index is -4.72. The lowest BCUT2D eigenvalue weighted by Crippen LogP contribution is -2.16. The fourth-order valence-corrected chi connectivity index (χ4v) is 1.76. The van der Waals surface area contributed by atoms with Crippen LogP contribution < -0.4 is 4.74 Å². The summed E-state index contributed by atoms with van der Waals surface area (Å²) < 4.78 is 39.8. The third kappa shape index (κ3) is 3.32. The summed E-state index contributed by atoms with van der Waals surface area (Å²) in [5, 5.41) is 9.94. The lowest BCUT2D eigenvalue weighted by atomic mass is 10.0. The van der Waals surface area contributed by atoms with Gasteiger partial charge in [-0.15, -0.1) is 13.2 Å². The van der Waals surface area contributed by atoms with Gasteiger partial charge in [-0.05, 0) is 23.8 Å². The molecule has 2 rings (SSSR count). The van der Waals surface area contributed by atoms with E-state index in [1.165, 1.54) is 30.3 Å². The van der Waals surface area contributed by atoms with Gasteiger partial charge in [0, 0.05) is 5.56 Å². The molecule has 6 heteroatoms. The Labute approximate surface area is 112 Å². The Balaban J connectivity index is 2.30. The SMILES string of the molecule is Oc1c(Cl)cccc1-c1ccc(OC(F)(F)F)cc1. The van der Waals surface area contributed by atoms with Crippen molar-refractivity contribution in [3.05, 3.63) is 47.5 Å². The highest BCUT2D eigenvalue weighted by molar-refractivity contribution is 6.32. The van der Waals surface area contributed by atoms with Crippen LogP contribution in [0.15, 0.2) is 42.5 Å². The molecule has 0 spiro atoms. The molecule has 0 heterocycles. The van der Waals surface area contributed by atoms with Gasteiger partial charge in [0.2, 0.25) is 0 Å². The second kappa shape index (κ2) is 5.01. The molecule has 100 valence electrons. The molecule has 2 nitrogen and oxygen atoms in total. The molecule has 0 aliphatic rings. The van der Waals surface area contributed by atoms with Crippen molar-refractivity contribution in [1.29, 1.82) is 0 Å². The van der Waals surface area contributed by atoms with Crippen LogP contribution in [-0.2, 0) is 0 Å². The monoisotopic (exact) mass is 288 g/mol. The quantitative estimate of drug-likeness (QED) is 0.874. The van der Waals surface area contributed by atoms with Gasteiger partial charge in [0.15, 0.2) is 0 Å². The van der Waals surface area contributed by atoms with Crippen molar-refractivity contribution < 1.29 is 23.0 Å². The number of alkyl halides is 3. The molecule has 0 bridgehead atoms. The van der Waals surface area contributed by atoms with Crippen LogP contribution in [0.3, 0.4) is 0 Å². The second-order valence-corrected chi connectivity index (χ2v) is 4.12. The maximum atomic E-state index is 12.0. The van der Waals surface area contributed by atoms with E-state index in [0.29, 0.717) is 11.1 Å². The number of benzene rings is 2. The molecular weight excluding hydrogens is 281 g/mol. The number of phenolic OH excluding ortho intramolecular Hbond substituents is 1. The van der Waals surface area contributed by atoms with Crippen molar-refractivity contribution in [2.45, 2.75) is 6.36 Å². The van der Waals surface area contributed by atoms with E-state index in [1.54, 1.807) is 12.1 Å². The molecule has 2 aromatic rings. The highest BCUT2D eigenvalue weighted by Crippen LogP contribution is 2.35. The lowest BCUT2D eigenvalue weighted by molar-refractivity contribution is -0.274. The van der Waals surface area contributed by atoms with Gasteiger partial charge >= 0.3 is 6.36 Å². The van der Waals surface area contributed by atoms with Gasteiger partial charge in [-0.3, -0.25) is 0 Å². The first-order chi connectivity index (χ1) is 8.87. The van der Waals surface area contributed by atoms with Crippen LogP contribution in [0.4, 0.5) is 13.2 Å². The highest BCUT2D eigenvalue weighted by atomic mass is 35.5. The minimum Gasteiger partial charge on any atom is -0.506 e. The first-order valence-corrected chi connectivity index (χ1v) is 5.58. The highest BCUT2D eigenvalue weighted by Gasteiger charge is 2.30. The van der Waals surface area contributed by atoms with E-state index in [-0.39, 0.29) is 16.5 Å². The van der Waals surface area contributed by atoms with Crippen LogP contribution in [0.1, 0.15) is 0 Å². The summed E-state index contributed by atoms with van der Waals surface area (Å²) in [5.41, 5.74) is 0.973.